The zero-order valence-corrected chi connectivity index (χ0v) is 6.88. The summed E-state index contributed by atoms with van der Waals surface area (Å²) in [5.74, 6) is 0.721. The molecular formula is C9H8N3O. The van der Waals surface area contributed by atoms with Crippen molar-refractivity contribution in [1.29, 1.82) is 0 Å². The molecule has 1 N–H and O–H groups in total. The van der Waals surface area contributed by atoms with E-state index in [-0.39, 0.29) is 6.61 Å². The van der Waals surface area contributed by atoms with Crippen LogP contribution < -0.4 is 0 Å². The minimum atomic E-state index is -0.00103. The van der Waals surface area contributed by atoms with Gasteiger partial charge in [-0.25, -0.2) is 9.67 Å². The summed E-state index contributed by atoms with van der Waals surface area (Å²) in [5.41, 5.74) is 0.773. The molecule has 0 saturated carbocycles. The van der Waals surface area contributed by atoms with Gasteiger partial charge in [-0.1, -0.05) is 0 Å². The van der Waals surface area contributed by atoms with E-state index in [9.17, 15) is 0 Å². The summed E-state index contributed by atoms with van der Waals surface area (Å²) in [6.45, 7) is -0.00103. The first-order valence-corrected chi connectivity index (χ1v) is 3.87. The van der Waals surface area contributed by atoms with Gasteiger partial charge in [-0.2, -0.15) is 5.10 Å². The van der Waals surface area contributed by atoms with Crippen molar-refractivity contribution >= 4 is 0 Å². The zero-order valence-electron chi connectivity index (χ0n) is 6.88. The standard InChI is InChI=1S/C9H8N3O/c13-7-8-5-11-12(6-8)9-3-1-2-4-10-9/h1,3-6,13H,7H2. The quantitative estimate of drug-likeness (QED) is 0.723. The van der Waals surface area contributed by atoms with Crippen molar-refractivity contribution in [2.75, 3.05) is 0 Å². The van der Waals surface area contributed by atoms with Crippen LogP contribution in [0, 0.1) is 6.07 Å². The molecule has 0 bridgehead atoms. The molecule has 0 unspecified atom stereocenters. The Balaban J connectivity index is 2.36. The number of rotatable bonds is 2. The molecule has 2 aromatic heterocycles. The van der Waals surface area contributed by atoms with E-state index < -0.39 is 0 Å². The van der Waals surface area contributed by atoms with Gasteiger partial charge in [0.25, 0.3) is 0 Å². The third kappa shape index (κ3) is 1.57. The van der Waals surface area contributed by atoms with Crippen LogP contribution in [-0.4, -0.2) is 19.9 Å². The Morgan fingerprint density at radius 3 is 3.08 bits per heavy atom. The first kappa shape index (κ1) is 7.94. The number of hydrogen-bond acceptors (Lipinski definition) is 3. The second-order valence-electron chi connectivity index (χ2n) is 2.57. The lowest BCUT2D eigenvalue weighted by Gasteiger charge is -1.96. The molecule has 2 rings (SSSR count). The lowest BCUT2D eigenvalue weighted by molar-refractivity contribution is 0.282. The maximum atomic E-state index is 8.82. The first-order valence-electron chi connectivity index (χ1n) is 3.87. The topological polar surface area (TPSA) is 50.9 Å². The van der Waals surface area contributed by atoms with Gasteiger partial charge >= 0.3 is 0 Å². The van der Waals surface area contributed by atoms with Crippen LogP contribution in [0.3, 0.4) is 0 Å². The van der Waals surface area contributed by atoms with Gasteiger partial charge in [0.05, 0.1) is 12.8 Å². The van der Waals surface area contributed by atoms with E-state index in [1.165, 1.54) is 0 Å². The molecule has 0 aromatic carbocycles. The molecule has 0 fully saturated rings. The molecule has 0 atom stereocenters. The van der Waals surface area contributed by atoms with E-state index in [0.717, 1.165) is 11.4 Å². The zero-order chi connectivity index (χ0) is 9.10. The summed E-state index contributed by atoms with van der Waals surface area (Å²) in [7, 11) is 0. The molecule has 0 saturated heterocycles. The Morgan fingerprint density at radius 1 is 1.54 bits per heavy atom. The molecule has 65 valence electrons. The highest BCUT2D eigenvalue weighted by atomic mass is 16.3. The van der Waals surface area contributed by atoms with Gasteiger partial charge in [0.1, 0.15) is 0 Å². The maximum Gasteiger partial charge on any atom is 0.153 e. The highest BCUT2D eigenvalue weighted by Gasteiger charge is 1.99. The first-order chi connectivity index (χ1) is 6.40. The SMILES string of the molecule is OCc1cnn(-c2cc[c]cn2)c1. The van der Waals surface area contributed by atoms with Gasteiger partial charge in [0.2, 0.25) is 0 Å². The van der Waals surface area contributed by atoms with Gasteiger partial charge < -0.3 is 5.11 Å². The van der Waals surface area contributed by atoms with Crippen molar-refractivity contribution in [2.24, 2.45) is 0 Å². The second kappa shape index (κ2) is 3.37. The average molecular weight is 174 g/mol. The third-order valence-electron chi connectivity index (χ3n) is 1.65. The van der Waals surface area contributed by atoms with Gasteiger partial charge in [-0.3, -0.25) is 0 Å². The fraction of sp³-hybridized carbons (Fsp3) is 0.111. The van der Waals surface area contributed by atoms with Crippen molar-refractivity contribution in [3.63, 3.8) is 0 Å². The summed E-state index contributed by atoms with van der Waals surface area (Å²) in [6, 6.07) is 6.39. The van der Waals surface area contributed by atoms with Crippen LogP contribution in [-0.2, 0) is 6.61 Å². The fourth-order valence-corrected chi connectivity index (χ4v) is 1.01. The van der Waals surface area contributed by atoms with Gasteiger partial charge in [-0.15, -0.1) is 0 Å². The monoisotopic (exact) mass is 174 g/mol. The van der Waals surface area contributed by atoms with Crippen LogP contribution in [0.1, 0.15) is 5.56 Å². The molecule has 1 radical (unpaired) electrons. The molecule has 4 nitrogen and oxygen atoms in total. The lowest BCUT2D eigenvalue weighted by Crippen LogP contribution is -1.96. The molecule has 0 spiro atoms. The Morgan fingerprint density at radius 2 is 2.46 bits per heavy atom. The molecule has 2 heterocycles. The van der Waals surface area contributed by atoms with Gasteiger partial charge in [0, 0.05) is 24.0 Å². The molecule has 0 aliphatic heterocycles. The minimum Gasteiger partial charge on any atom is -0.392 e. The van der Waals surface area contributed by atoms with E-state index in [0.29, 0.717) is 0 Å². The molecule has 13 heavy (non-hydrogen) atoms. The fourth-order valence-electron chi connectivity index (χ4n) is 1.01. The molecule has 0 aliphatic rings. The Hall–Kier alpha value is -1.68. The van der Waals surface area contributed by atoms with Crippen molar-refractivity contribution < 1.29 is 5.11 Å². The Bertz CT molecular complexity index is 383. The summed E-state index contributed by atoms with van der Waals surface area (Å²) < 4.78 is 1.61. The average Bonchev–Trinajstić information content (AvgIpc) is 2.67. The van der Waals surface area contributed by atoms with Gasteiger partial charge in [0.15, 0.2) is 5.82 Å². The molecule has 0 amide bonds. The molecule has 0 aliphatic carbocycles. The van der Waals surface area contributed by atoms with E-state index in [4.69, 9.17) is 5.11 Å². The van der Waals surface area contributed by atoms with Crippen molar-refractivity contribution in [2.45, 2.75) is 6.61 Å². The predicted octanol–water partition coefficient (Wildman–Crippen LogP) is 0.560. The van der Waals surface area contributed by atoms with E-state index in [1.54, 1.807) is 35.4 Å². The maximum absolute atomic E-state index is 8.82. The van der Waals surface area contributed by atoms with Crippen LogP contribution >= 0.6 is 0 Å². The number of aliphatic hydroxyl groups excluding tert-OH is 1. The lowest BCUT2D eigenvalue weighted by atomic mass is 10.4. The smallest absolute Gasteiger partial charge is 0.153 e. The number of aliphatic hydroxyl groups is 1. The number of aromatic nitrogens is 3. The predicted molar refractivity (Wildman–Crippen MR) is 46.1 cm³/mol. The Kier molecular flexibility index (Phi) is 2.06. The van der Waals surface area contributed by atoms with Crippen molar-refractivity contribution in [1.82, 2.24) is 14.8 Å². The normalized spacial score (nSPS) is 10.2. The second-order valence-corrected chi connectivity index (χ2v) is 2.57. The minimum absolute atomic E-state index is 0.00103. The molecular weight excluding hydrogens is 166 g/mol. The largest absolute Gasteiger partial charge is 0.392 e. The third-order valence-corrected chi connectivity index (χ3v) is 1.65. The van der Waals surface area contributed by atoms with Gasteiger partial charge in [-0.05, 0) is 12.1 Å². The van der Waals surface area contributed by atoms with Crippen LogP contribution in [0.5, 0.6) is 0 Å². The summed E-state index contributed by atoms with van der Waals surface area (Å²) >= 11 is 0. The number of hydrogen-bond donors (Lipinski definition) is 1. The summed E-state index contributed by atoms with van der Waals surface area (Å²) in [5, 5.41) is 12.9. The molecule has 4 heteroatoms. The van der Waals surface area contributed by atoms with E-state index in [2.05, 4.69) is 16.1 Å². The molecule has 2 aromatic rings. The van der Waals surface area contributed by atoms with Crippen LogP contribution in [0.4, 0.5) is 0 Å². The number of nitrogens with zero attached hydrogens (tertiary/aromatic N) is 3. The highest BCUT2D eigenvalue weighted by Crippen LogP contribution is 2.03. The highest BCUT2D eigenvalue weighted by molar-refractivity contribution is 5.21. The van der Waals surface area contributed by atoms with E-state index in [1.807, 2.05) is 0 Å². The van der Waals surface area contributed by atoms with Crippen molar-refractivity contribution in [3.05, 3.63) is 42.4 Å². The van der Waals surface area contributed by atoms with Crippen LogP contribution in [0.2, 0.25) is 0 Å². The number of pyridine rings is 1. The van der Waals surface area contributed by atoms with Crippen molar-refractivity contribution in [3.8, 4) is 5.82 Å². The summed E-state index contributed by atoms with van der Waals surface area (Å²) in [4.78, 5) is 4.06. The van der Waals surface area contributed by atoms with Crippen LogP contribution in [0.15, 0.2) is 30.7 Å². The Labute approximate surface area is 75.5 Å². The van der Waals surface area contributed by atoms with E-state index >= 15 is 0 Å². The summed E-state index contributed by atoms with van der Waals surface area (Å²) in [6.07, 6.45) is 4.93. The van der Waals surface area contributed by atoms with Crippen LogP contribution in [0.25, 0.3) is 5.82 Å².